The summed E-state index contributed by atoms with van der Waals surface area (Å²) >= 11 is 0. The Bertz CT molecular complexity index is 1010. The summed E-state index contributed by atoms with van der Waals surface area (Å²) in [6.07, 6.45) is 2.00. The van der Waals surface area contributed by atoms with Crippen LogP contribution in [-0.4, -0.2) is 57.1 Å². The molecule has 1 N–H and O–H groups in total. The van der Waals surface area contributed by atoms with Gasteiger partial charge in [-0.1, -0.05) is 30.3 Å². The summed E-state index contributed by atoms with van der Waals surface area (Å²) < 4.78 is 38.9. The molecule has 9 heteroatoms. The molecule has 0 saturated carbocycles. The van der Waals surface area contributed by atoms with E-state index >= 15 is 0 Å². The first-order chi connectivity index (χ1) is 15.6. The van der Waals surface area contributed by atoms with Crippen LogP contribution in [0.4, 0.5) is 10.1 Å². The van der Waals surface area contributed by atoms with Crippen molar-refractivity contribution >= 4 is 27.5 Å². The molecule has 0 aromatic heterocycles. The van der Waals surface area contributed by atoms with Crippen LogP contribution >= 0.6 is 0 Å². The molecule has 2 amide bonds. The van der Waals surface area contributed by atoms with Crippen LogP contribution in [0.5, 0.6) is 0 Å². The van der Waals surface area contributed by atoms with Gasteiger partial charge in [0, 0.05) is 26.1 Å². The minimum atomic E-state index is -3.61. The number of amides is 2. The van der Waals surface area contributed by atoms with Crippen LogP contribution in [0.1, 0.15) is 32.3 Å². The maximum absolute atomic E-state index is 13.2. The van der Waals surface area contributed by atoms with Gasteiger partial charge in [0.05, 0.1) is 11.9 Å². The van der Waals surface area contributed by atoms with E-state index in [4.69, 9.17) is 0 Å². The lowest BCUT2D eigenvalue weighted by atomic mass is 10.1. The van der Waals surface area contributed by atoms with Crippen LogP contribution in [0.3, 0.4) is 0 Å². The second-order valence-corrected chi connectivity index (χ2v) is 9.72. The Labute approximate surface area is 195 Å². The number of benzene rings is 2. The van der Waals surface area contributed by atoms with Crippen LogP contribution in [0.25, 0.3) is 0 Å². The minimum absolute atomic E-state index is 0.0677. The van der Waals surface area contributed by atoms with Crippen molar-refractivity contribution in [1.29, 1.82) is 0 Å². The Hall–Kier alpha value is -2.94. The zero-order valence-corrected chi connectivity index (χ0v) is 20.1. The molecule has 1 atom stereocenters. The van der Waals surface area contributed by atoms with E-state index in [0.29, 0.717) is 25.2 Å². The van der Waals surface area contributed by atoms with Crippen LogP contribution in [-0.2, 0) is 26.0 Å². The zero-order valence-electron chi connectivity index (χ0n) is 19.3. The number of anilines is 1. The molecule has 0 spiro atoms. The van der Waals surface area contributed by atoms with Gasteiger partial charge in [-0.15, -0.1) is 0 Å². The standard InChI is InChI=1S/C24H32FN3O4S/c1-4-26-24(30)19(2)27(18-16-20-9-6-5-7-10-20)23(29)11-8-17-28(33(3,31)32)22-14-12-21(25)13-15-22/h5-7,9-10,12-15,19H,4,8,11,16-18H2,1-3H3,(H,26,30)/t19-/m0/s1. The molecular formula is C24H32FN3O4S. The lowest BCUT2D eigenvalue weighted by molar-refractivity contribution is -0.139. The number of nitrogens with zero attached hydrogens (tertiary/aromatic N) is 2. The fourth-order valence-electron chi connectivity index (χ4n) is 3.50. The third kappa shape index (κ3) is 8.16. The van der Waals surface area contributed by atoms with Crippen molar-refractivity contribution in [2.45, 2.75) is 39.2 Å². The Morgan fingerprint density at radius 2 is 1.67 bits per heavy atom. The van der Waals surface area contributed by atoms with Crippen LogP contribution < -0.4 is 9.62 Å². The monoisotopic (exact) mass is 477 g/mol. The predicted octanol–water partition coefficient (Wildman–Crippen LogP) is 2.97. The summed E-state index contributed by atoms with van der Waals surface area (Å²) in [6, 6.07) is 14.2. The second-order valence-electron chi connectivity index (χ2n) is 7.81. The number of carbonyl (C=O) groups is 2. The smallest absolute Gasteiger partial charge is 0.242 e. The molecule has 0 aliphatic carbocycles. The molecule has 2 aromatic carbocycles. The molecule has 0 saturated heterocycles. The molecule has 0 fully saturated rings. The highest BCUT2D eigenvalue weighted by Crippen LogP contribution is 2.19. The van der Waals surface area contributed by atoms with E-state index in [1.807, 2.05) is 37.3 Å². The third-order valence-electron chi connectivity index (χ3n) is 5.27. The molecule has 7 nitrogen and oxygen atoms in total. The summed E-state index contributed by atoms with van der Waals surface area (Å²) in [5, 5.41) is 2.75. The van der Waals surface area contributed by atoms with Gasteiger partial charge in [0.25, 0.3) is 0 Å². The van der Waals surface area contributed by atoms with Crippen molar-refractivity contribution in [2.24, 2.45) is 0 Å². The molecule has 2 rings (SSSR count). The molecule has 180 valence electrons. The first-order valence-corrected chi connectivity index (χ1v) is 12.8. The molecule has 2 aromatic rings. The average Bonchev–Trinajstić information content (AvgIpc) is 2.77. The Balaban J connectivity index is 2.07. The van der Waals surface area contributed by atoms with Crippen molar-refractivity contribution < 1.29 is 22.4 Å². The Kier molecular flexibility index (Phi) is 9.84. The first-order valence-electron chi connectivity index (χ1n) is 11.0. The number of sulfonamides is 1. The number of halogens is 1. The van der Waals surface area contributed by atoms with E-state index in [-0.39, 0.29) is 31.2 Å². The van der Waals surface area contributed by atoms with Crippen LogP contribution in [0, 0.1) is 5.82 Å². The van der Waals surface area contributed by atoms with Crippen molar-refractivity contribution in [3.8, 4) is 0 Å². The average molecular weight is 478 g/mol. The first kappa shape index (κ1) is 26.3. The van der Waals surface area contributed by atoms with E-state index in [0.717, 1.165) is 16.1 Å². The molecule has 0 aliphatic heterocycles. The highest BCUT2D eigenvalue weighted by molar-refractivity contribution is 7.92. The lowest BCUT2D eigenvalue weighted by Crippen LogP contribution is -2.48. The van der Waals surface area contributed by atoms with Crippen molar-refractivity contribution in [2.75, 3.05) is 30.2 Å². The van der Waals surface area contributed by atoms with Gasteiger partial charge in [-0.05, 0) is 56.5 Å². The van der Waals surface area contributed by atoms with E-state index in [1.165, 1.54) is 24.3 Å². The highest BCUT2D eigenvalue weighted by atomic mass is 32.2. The Morgan fingerprint density at radius 1 is 1.03 bits per heavy atom. The molecule has 0 radical (unpaired) electrons. The molecule has 0 aliphatic rings. The number of likely N-dealkylation sites (N-methyl/N-ethyl adjacent to an activating group) is 1. The number of hydrogen-bond acceptors (Lipinski definition) is 4. The summed E-state index contributed by atoms with van der Waals surface area (Å²) in [7, 11) is -3.61. The normalized spacial score (nSPS) is 12.1. The van der Waals surface area contributed by atoms with Gasteiger partial charge in [-0.25, -0.2) is 12.8 Å². The van der Waals surface area contributed by atoms with E-state index in [2.05, 4.69) is 5.32 Å². The number of nitrogens with one attached hydrogen (secondary N) is 1. The lowest BCUT2D eigenvalue weighted by Gasteiger charge is -2.29. The van der Waals surface area contributed by atoms with Gasteiger partial charge in [0.1, 0.15) is 11.9 Å². The van der Waals surface area contributed by atoms with Gasteiger partial charge in [-0.2, -0.15) is 0 Å². The summed E-state index contributed by atoms with van der Waals surface area (Å²) in [6.45, 7) is 4.41. The summed E-state index contributed by atoms with van der Waals surface area (Å²) in [4.78, 5) is 27.0. The topological polar surface area (TPSA) is 86.8 Å². The minimum Gasteiger partial charge on any atom is -0.355 e. The summed E-state index contributed by atoms with van der Waals surface area (Å²) in [5.41, 5.74) is 1.39. The van der Waals surface area contributed by atoms with Crippen LogP contribution in [0.15, 0.2) is 54.6 Å². The van der Waals surface area contributed by atoms with Crippen LogP contribution in [0.2, 0.25) is 0 Å². The zero-order chi connectivity index (χ0) is 24.4. The highest BCUT2D eigenvalue weighted by Gasteiger charge is 2.26. The number of hydrogen-bond donors (Lipinski definition) is 1. The van der Waals surface area contributed by atoms with E-state index in [9.17, 15) is 22.4 Å². The van der Waals surface area contributed by atoms with Gasteiger partial charge in [0.15, 0.2) is 0 Å². The molecule has 0 heterocycles. The third-order valence-corrected chi connectivity index (χ3v) is 6.46. The quantitative estimate of drug-likeness (QED) is 0.509. The molecule has 0 unspecified atom stereocenters. The van der Waals surface area contributed by atoms with Crippen molar-refractivity contribution in [1.82, 2.24) is 10.2 Å². The maximum atomic E-state index is 13.2. The second kappa shape index (κ2) is 12.3. The SMILES string of the molecule is CCNC(=O)[C@H](C)N(CCc1ccccc1)C(=O)CCCN(c1ccc(F)cc1)S(C)(=O)=O. The fourth-order valence-corrected chi connectivity index (χ4v) is 4.47. The van der Waals surface area contributed by atoms with Gasteiger partial charge >= 0.3 is 0 Å². The number of rotatable bonds is 12. The predicted molar refractivity (Wildman–Crippen MR) is 128 cm³/mol. The van der Waals surface area contributed by atoms with E-state index < -0.39 is 21.9 Å². The molecule has 0 bridgehead atoms. The number of carbonyl (C=O) groups excluding carboxylic acids is 2. The largest absolute Gasteiger partial charge is 0.355 e. The maximum Gasteiger partial charge on any atom is 0.242 e. The summed E-state index contributed by atoms with van der Waals surface area (Å²) in [5.74, 6) is -0.920. The van der Waals surface area contributed by atoms with E-state index in [1.54, 1.807) is 11.8 Å². The molecule has 33 heavy (non-hydrogen) atoms. The van der Waals surface area contributed by atoms with Crippen molar-refractivity contribution in [3.63, 3.8) is 0 Å². The van der Waals surface area contributed by atoms with Gasteiger partial charge < -0.3 is 10.2 Å². The van der Waals surface area contributed by atoms with Crippen molar-refractivity contribution in [3.05, 3.63) is 66.0 Å². The Morgan fingerprint density at radius 3 is 2.24 bits per heavy atom. The van der Waals surface area contributed by atoms with Gasteiger partial charge in [0.2, 0.25) is 21.8 Å². The molecular weight excluding hydrogens is 445 g/mol. The van der Waals surface area contributed by atoms with Gasteiger partial charge in [-0.3, -0.25) is 13.9 Å². The fraction of sp³-hybridized carbons (Fsp3) is 0.417.